The van der Waals surface area contributed by atoms with Gasteiger partial charge in [0.2, 0.25) is 0 Å². The molecule has 1 heterocycles. The number of aromatic nitrogens is 1. The van der Waals surface area contributed by atoms with Crippen molar-refractivity contribution in [3.63, 3.8) is 0 Å². The molecular formula is C16H22FN3. The van der Waals surface area contributed by atoms with E-state index in [9.17, 15) is 4.39 Å². The normalized spacial score (nSPS) is 21.2. The van der Waals surface area contributed by atoms with Crippen LogP contribution >= 0.6 is 0 Å². The van der Waals surface area contributed by atoms with Gasteiger partial charge < -0.3 is 5.32 Å². The van der Waals surface area contributed by atoms with E-state index in [0.717, 1.165) is 19.0 Å². The van der Waals surface area contributed by atoms with Crippen molar-refractivity contribution in [3.05, 3.63) is 23.8 Å². The third-order valence-electron chi connectivity index (χ3n) is 3.87. The minimum Gasteiger partial charge on any atom is -0.380 e. The first kappa shape index (κ1) is 14.8. The molecule has 20 heavy (non-hydrogen) atoms. The van der Waals surface area contributed by atoms with E-state index >= 15 is 0 Å². The maximum atomic E-state index is 13.3. The summed E-state index contributed by atoms with van der Waals surface area (Å²) in [6.07, 6.45) is 4.28. The Morgan fingerprint density at radius 3 is 2.45 bits per heavy atom. The number of halogens is 1. The molecule has 0 aromatic carbocycles. The van der Waals surface area contributed by atoms with Crippen molar-refractivity contribution in [3.8, 4) is 6.07 Å². The lowest BCUT2D eigenvalue weighted by atomic mass is 9.63. The minimum atomic E-state index is -0.416. The van der Waals surface area contributed by atoms with Gasteiger partial charge in [-0.3, -0.25) is 0 Å². The summed E-state index contributed by atoms with van der Waals surface area (Å²) in [6, 6.07) is 3.62. The zero-order valence-corrected chi connectivity index (χ0v) is 12.6. The van der Waals surface area contributed by atoms with E-state index in [0.29, 0.717) is 5.69 Å². The highest BCUT2D eigenvalue weighted by molar-refractivity contribution is 5.54. The third kappa shape index (κ3) is 3.47. The van der Waals surface area contributed by atoms with Crippen LogP contribution in [0.1, 0.15) is 52.7 Å². The Kier molecular flexibility index (Phi) is 3.73. The second kappa shape index (κ2) is 5.05. The number of hydrogen-bond acceptors (Lipinski definition) is 3. The number of nitrogens with one attached hydrogen (secondary N) is 1. The molecule has 1 aliphatic carbocycles. The molecule has 0 aliphatic heterocycles. The van der Waals surface area contributed by atoms with Crippen LogP contribution in [0.25, 0.3) is 0 Å². The summed E-state index contributed by atoms with van der Waals surface area (Å²) in [5.74, 6) is -0.416. The molecule has 0 saturated heterocycles. The van der Waals surface area contributed by atoms with Gasteiger partial charge in [0.25, 0.3) is 0 Å². The van der Waals surface area contributed by atoms with Crippen LogP contribution in [0.2, 0.25) is 0 Å². The summed E-state index contributed by atoms with van der Waals surface area (Å²) in [5.41, 5.74) is 1.25. The Labute approximate surface area is 120 Å². The molecule has 1 aromatic heterocycles. The molecule has 0 bridgehead atoms. The molecule has 1 saturated carbocycles. The molecule has 3 nitrogen and oxygen atoms in total. The number of hydrogen-bond donors (Lipinski definition) is 1. The number of nitriles is 1. The smallest absolute Gasteiger partial charge is 0.163 e. The molecule has 108 valence electrons. The lowest BCUT2D eigenvalue weighted by Crippen LogP contribution is -2.40. The van der Waals surface area contributed by atoms with Crippen LogP contribution in [0.5, 0.6) is 0 Å². The van der Waals surface area contributed by atoms with Crippen LogP contribution in [0.15, 0.2) is 12.3 Å². The van der Waals surface area contributed by atoms with E-state index < -0.39 is 5.82 Å². The van der Waals surface area contributed by atoms with Gasteiger partial charge in [-0.2, -0.15) is 5.26 Å². The highest BCUT2D eigenvalue weighted by Crippen LogP contribution is 2.46. The van der Waals surface area contributed by atoms with Crippen LogP contribution < -0.4 is 5.32 Å². The van der Waals surface area contributed by atoms with Crippen LogP contribution in [-0.2, 0) is 0 Å². The Morgan fingerprint density at radius 2 is 1.90 bits per heavy atom. The summed E-state index contributed by atoms with van der Waals surface area (Å²) >= 11 is 0. The predicted molar refractivity (Wildman–Crippen MR) is 77.7 cm³/mol. The maximum absolute atomic E-state index is 13.3. The Morgan fingerprint density at radius 1 is 1.30 bits per heavy atom. The summed E-state index contributed by atoms with van der Waals surface area (Å²) in [5, 5.41) is 12.4. The van der Waals surface area contributed by atoms with E-state index in [4.69, 9.17) is 5.26 Å². The molecule has 0 radical (unpaired) electrons. The SMILES string of the molecule is CC1(C)CC(Nc2cc(F)cnc2C#N)CC(C)(C)C1. The van der Waals surface area contributed by atoms with Gasteiger partial charge in [-0.25, -0.2) is 9.37 Å². The van der Waals surface area contributed by atoms with E-state index in [1.54, 1.807) is 0 Å². The standard InChI is InChI=1S/C16H22FN3/c1-15(2)6-12(7-16(3,4)10-15)20-13-5-11(17)9-19-14(13)8-18/h5,9,12,20H,6-7,10H2,1-4H3. The van der Waals surface area contributed by atoms with Gasteiger partial charge in [0.05, 0.1) is 11.9 Å². The van der Waals surface area contributed by atoms with Gasteiger partial charge in [0, 0.05) is 12.1 Å². The topological polar surface area (TPSA) is 48.7 Å². The average molecular weight is 275 g/mol. The molecular weight excluding hydrogens is 253 g/mol. The van der Waals surface area contributed by atoms with Crippen molar-refractivity contribution >= 4 is 5.69 Å². The molecule has 1 N–H and O–H groups in total. The van der Waals surface area contributed by atoms with Gasteiger partial charge in [0.15, 0.2) is 5.69 Å². The zero-order chi connectivity index (χ0) is 15.0. The highest BCUT2D eigenvalue weighted by atomic mass is 19.1. The van der Waals surface area contributed by atoms with Crippen molar-refractivity contribution in [2.45, 2.75) is 53.0 Å². The molecule has 1 aromatic rings. The first-order valence-electron chi connectivity index (χ1n) is 7.03. The lowest BCUT2D eigenvalue weighted by Gasteiger charge is -2.45. The van der Waals surface area contributed by atoms with E-state index in [1.807, 2.05) is 6.07 Å². The van der Waals surface area contributed by atoms with Crippen molar-refractivity contribution < 1.29 is 4.39 Å². The lowest BCUT2D eigenvalue weighted by molar-refractivity contribution is 0.105. The quantitative estimate of drug-likeness (QED) is 0.883. The first-order chi connectivity index (χ1) is 9.21. The maximum Gasteiger partial charge on any atom is 0.163 e. The molecule has 4 heteroatoms. The Hall–Kier alpha value is -1.63. The molecule has 2 rings (SSSR count). The largest absolute Gasteiger partial charge is 0.380 e. The fourth-order valence-electron chi connectivity index (χ4n) is 3.81. The second-order valence-corrected chi connectivity index (χ2v) is 7.42. The highest BCUT2D eigenvalue weighted by Gasteiger charge is 2.38. The number of pyridine rings is 1. The van der Waals surface area contributed by atoms with Gasteiger partial charge >= 0.3 is 0 Å². The summed E-state index contributed by atoms with van der Waals surface area (Å²) in [7, 11) is 0. The number of nitrogens with zero attached hydrogens (tertiary/aromatic N) is 2. The van der Waals surface area contributed by atoms with Gasteiger partial charge in [-0.05, 0) is 30.1 Å². The van der Waals surface area contributed by atoms with E-state index in [2.05, 4.69) is 38.0 Å². The summed E-state index contributed by atoms with van der Waals surface area (Å²) in [6.45, 7) is 9.05. The zero-order valence-electron chi connectivity index (χ0n) is 12.6. The van der Waals surface area contributed by atoms with Crippen LogP contribution in [0.3, 0.4) is 0 Å². The van der Waals surface area contributed by atoms with Crippen molar-refractivity contribution in [1.29, 1.82) is 5.26 Å². The summed E-state index contributed by atoms with van der Waals surface area (Å²) in [4.78, 5) is 3.84. The van der Waals surface area contributed by atoms with Gasteiger partial charge in [0.1, 0.15) is 11.9 Å². The minimum absolute atomic E-state index is 0.240. The van der Waals surface area contributed by atoms with E-state index in [1.165, 1.54) is 12.5 Å². The molecule has 0 amide bonds. The van der Waals surface area contributed by atoms with Crippen molar-refractivity contribution in [2.75, 3.05) is 5.32 Å². The first-order valence-corrected chi connectivity index (χ1v) is 7.03. The van der Waals surface area contributed by atoms with Crippen molar-refractivity contribution in [1.82, 2.24) is 4.98 Å². The average Bonchev–Trinajstić information content (AvgIpc) is 2.24. The van der Waals surface area contributed by atoms with E-state index in [-0.39, 0.29) is 22.6 Å². The van der Waals surface area contributed by atoms with Gasteiger partial charge in [-0.1, -0.05) is 27.7 Å². The van der Waals surface area contributed by atoms with Crippen LogP contribution in [0, 0.1) is 28.0 Å². The van der Waals surface area contributed by atoms with Crippen molar-refractivity contribution in [2.24, 2.45) is 10.8 Å². The number of rotatable bonds is 2. The fraction of sp³-hybridized carbons (Fsp3) is 0.625. The Bertz CT molecular complexity index is 527. The Balaban J connectivity index is 2.22. The van der Waals surface area contributed by atoms with Crippen LogP contribution in [-0.4, -0.2) is 11.0 Å². The molecule has 1 fully saturated rings. The monoisotopic (exact) mass is 275 g/mol. The fourth-order valence-corrected chi connectivity index (χ4v) is 3.81. The predicted octanol–water partition coefficient (Wildman–Crippen LogP) is 4.11. The number of anilines is 1. The molecule has 0 atom stereocenters. The third-order valence-corrected chi connectivity index (χ3v) is 3.87. The summed E-state index contributed by atoms with van der Waals surface area (Å²) < 4.78 is 13.3. The molecule has 1 aliphatic rings. The molecule has 0 unspecified atom stereocenters. The van der Waals surface area contributed by atoms with Gasteiger partial charge in [-0.15, -0.1) is 0 Å². The molecule has 0 spiro atoms. The van der Waals surface area contributed by atoms with Crippen LogP contribution in [0.4, 0.5) is 10.1 Å². The second-order valence-electron chi connectivity index (χ2n) is 7.42.